The zero-order chi connectivity index (χ0) is 14.5. The van der Waals surface area contributed by atoms with Gasteiger partial charge in [-0.2, -0.15) is 0 Å². The molecule has 0 aliphatic heterocycles. The molecule has 2 aromatic rings. The van der Waals surface area contributed by atoms with Gasteiger partial charge >= 0.3 is 0 Å². The number of anilines is 1. The van der Waals surface area contributed by atoms with Gasteiger partial charge in [-0.05, 0) is 19.8 Å². The van der Waals surface area contributed by atoms with E-state index in [1.807, 2.05) is 19.3 Å². The molecule has 2 heterocycles. The molecule has 0 radical (unpaired) electrons. The first kappa shape index (κ1) is 14.5. The van der Waals surface area contributed by atoms with Crippen LogP contribution in [0.2, 0.25) is 0 Å². The minimum atomic E-state index is 0.590. The molecule has 0 aliphatic carbocycles. The minimum absolute atomic E-state index is 0.590. The first-order valence-corrected chi connectivity index (χ1v) is 7.27. The Bertz CT molecular complexity index is 574. The lowest BCUT2D eigenvalue weighted by Gasteiger charge is -2.11. The summed E-state index contributed by atoms with van der Waals surface area (Å²) in [6, 6.07) is 0. The van der Waals surface area contributed by atoms with Gasteiger partial charge in [0, 0.05) is 37.3 Å². The van der Waals surface area contributed by atoms with E-state index < -0.39 is 0 Å². The van der Waals surface area contributed by atoms with Gasteiger partial charge in [-0.3, -0.25) is 0 Å². The Balaban J connectivity index is 2.30. The van der Waals surface area contributed by atoms with Gasteiger partial charge in [-0.15, -0.1) is 0 Å². The van der Waals surface area contributed by atoms with Crippen molar-refractivity contribution in [2.75, 3.05) is 5.73 Å². The highest BCUT2D eigenvalue weighted by Gasteiger charge is 2.12. The third-order valence-electron chi connectivity index (χ3n) is 3.40. The Morgan fingerprint density at radius 1 is 1.20 bits per heavy atom. The Morgan fingerprint density at radius 2 is 2.00 bits per heavy atom. The Labute approximate surface area is 120 Å². The van der Waals surface area contributed by atoms with Crippen molar-refractivity contribution in [1.82, 2.24) is 19.5 Å². The van der Waals surface area contributed by atoms with Crippen LogP contribution in [0.3, 0.4) is 0 Å². The number of nitrogens with zero attached hydrogens (tertiary/aromatic N) is 4. The molecule has 0 saturated carbocycles. The van der Waals surface area contributed by atoms with E-state index in [9.17, 15) is 0 Å². The molecule has 2 rings (SSSR count). The molecule has 0 saturated heterocycles. The summed E-state index contributed by atoms with van der Waals surface area (Å²) < 4.78 is 2.18. The van der Waals surface area contributed by atoms with Crippen LogP contribution >= 0.6 is 0 Å². The predicted octanol–water partition coefficient (Wildman–Crippen LogP) is 2.52. The van der Waals surface area contributed by atoms with Crippen LogP contribution in [-0.2, 0) is 19.4 Å². The van der Waals surface area contributed by atoms with E-state index in [2.05, 4.69) is 33.4 Å². The van der Waals surface area contributed by atoms with Gasteiger partial charge in [0.05, 0.1) is 5.69 Å². The van der Waals surface area contributed by atoms with Crippen LogP contribution in [0.5, 0.6) is 0 Å². The number of hydrogen-bond acceptors (Lipinski definition) is 4. The summed E-state index contributed by atoms with van der Waals surface area (Å²) in [4.78, 5) is 13.4. The molecule has 0 amide bonds. The second-order valence-electron chi connectivity index (χ2n) is 5.06. The van der Waals surface area contributed by atoms with Crippen LogP contribution in [-0.4, -0.2) is 19.5 Å². The van der Waals surface area contributed by atoms with E-state index >= 15 is 0 Å². The van der Waals surface area contributed by atoms with Crippen molar-refractivity contribution in [2.45, 2.75) is 53.0 Å². The molecular formula is C15H23N5. The fourth-order valence-corrected chi connectivity index (χ4v) is 2.24. The summed E-state index contributed by atoms with van der Waals surface area (Å²) in [6.07, 6.45) is 7.55. The Kier molecular flexibility index (Phi) is 4.71. The monoisotopic (exact) mass is 273 g/mol. The van der Waals surface area contributed by atoms with Gasteiger partial charge in [0.15, 0.2) is 0 Å². The highest BCUT2D eigenvalue weighted by atomic mass is 15.1. The lowest BCUT2D eigenvalue weighted by molar-refractivity contribution is 0.643. The quantitative estimate of drug-likeness (QED) is 0.878. The van der Waals surface area contributed by atoms with Crippen molar-refractivity contribution in [3.63, 3.8) is 0 Å². The van der Waals surface area contributed by atoms with Crippen molar-refractivity contribution in [1.29, 1.82) is 0 Å². The van der Waals surface area contributed by atoms with E-state index in [1.54, 1.807) is 0 Å². The highest BCUT2D eigenvalue weighted by molar-refractivity contribution is 5.42. The molecule has 108 valence electrons. The Hall–Kier alpha value is -1.91. The molecule has 5 heteroatoms. The van der Waals surface area contributed by atoms with Gasteiger partial charge in [0.25, 0.3) is 0 Å². The highest BCUT2D eigenvalue weighted by Crippen LogP contribution is 2.16. The molecule has 0 bridgehead atoms. The summed E-state index contributed by atoms with van der Waals surface area (Å²) >= 11 is 0. The zero-order valence-corrected chi connectivity index (χ0v) is 12.6. The molecule has 0 atom stereocenters. The number of nitrogen functional groups attached to an aromatic ring is 1. The molecule has 0 aromatic carbocycles. The van der Waals surface area contributed by atoms with Crippen LogP contribution in [0.15, 0.2) is 12.4 Å². The molecule has 0 unspecified atom stereocenters. The fraction of sp³-hybridized carbons (Fsp3) is 0.533. The van der Waals surface area contributed by atoms with Crippen molar-refractivity contribution < 1.29 is 0 Å². The number of aromatic nitrogens is 4. The average molecular weight is 273 g/mol. The minimum Gasteiger partial charge on any atom is -0.383 e. The predicted molar refractivity (Wildman–Crippen MR) is 80.5 cm³/mol. The van der Waals surface area contributed by atoms with Gasteiger partial charge in [0.1, 0.15) is 17.5 Å². The summed E-state index contributed by atoms with van der Waals surface area (Å²) in [6.45, 7) is 7.24. The normalized spacial score (nSPS) is 10.9. The van der Waals surface area contributed by atoms with Crippen LogP contribution in [0.1, 0.15) is 49.6 Å². The SMILES string of the molecule is CCCc1nc(N)c(C)c(Cc2nccn2CCC)n1. The third kappa shape index (κ3) is 3.15. The van der Waals surface area contributed by atoms with E-state index in [-0.39, 0.29) is 0 Å². The zero-order valence-electron chi connectivity index (χ0n) is 12.6. The van der Waals surface area contributed by atoms with Gasteiger partial charge in [0.2, 0.25) is 0 Å². The molecule has 0 fully saturated rings. The van der Waals surface area contributed by atoms with E-state index in [0.717, 1.165) is 48.7 Å². The number of rotatable bonds is 6. The fourth-order valence-electron chi connectivity index (χ4n) is 2.24. The maximum Gasteiger partial charge on any atom is 0.131 e. The molecule has 20 heavy (non-hydrogen) atoms. The van der Waals surface area contributed by atoms with Crippen molar-refractivity contribution in [3.05, 3.63) is 35.3 Å². The number of nitrogens with two attached hydrogens (primary N) is 1. The van der Waals surface area contributed by atoms with Gasteiger partial charge < -0.3 is 10.3 Å². The second-order valence-corrected chi connectivity index (χ2v) is 5.06. The summed E-state index contributed by atoms with van der Waals surface area (Å²) in [5.41, 5.74) is 7.96. The topological polar surface area (TPSA) is 69.6 Å². The molecule has 0 spiro atoms. The summed E-state index contributed by atoms with van der Waals surface area (Å²) in [5, 5.41) is 0. The van der Waals surface area contributed by atoms with Crippen LogP contribution in [0.25, 0.3) is 0 Å². The van der Waals surface area contributed by atoms with Crippen molar-refractivity contribution in [2.24, 2.45) is 0 Å². The molecular weight excluding hydrogens is 250 g/mol. The lowest BCUT2D eigenvalue weighted by Crippen LogP contribution is -2.10. The second kappa shape index (κ2) is 6.50. The van der Waals surface area contributed by atoms with Crippen LogP contribution in [0.4, 0.5) is 5.82 Å². The van der Waals surface area contributed by atoms with Crippen molar-refractivity contribution >= 4 is 5.82 Å². The third-order valence-corrected chi connectivity index (χ3v) is 3.40. The standard InChI is InChI=1S/C15H23N5/c1-4-6-13-18-12(11(3)15(16)19-13)10-14-17-7-9-20(14)8-5-2/h7,9H,4-6,8,10H2,1-3H3,(H2,16,18,19). The van der Waals surface area contributed by atoms with Crippen LogP contribution in [0, 0.1) is 6.92 Å². The molecule has 2 aromatic heterocycles. The first-order valence-electron chi connectivity index (χ1n) is 7.27. The molecule has 5 nitrogen and oxygen atoms in total. The maximum absolute atomic E-state index is 6.00. The van der Waals surface area contributed by atoms with Crippen LogP contribution < -0.4 is 5.73 Å². The van der Waals surface area contributed by atoms with E-state index in [1.165, 1.54) is 0 Å². The lowest BCUT2D eigenvalue weighted by atomic mass is 10.1. The maximum atomic E-state index is 6.00. The number of imidazole rings is 1. The molecule has 2 N–H and O–H groups in total. The van der Waals surface area contributed by atoms with Gasteiger partial charge in [-0.1, -0.05) is 13.8 Å². The van der Waals surface area contributed by atoms with E-state index in [4.69, 9.17) is 5.73 Å². The smallest absolute Gasteiger partial charge is 0.131 e. The first-order chi connectivity index (χ1) is 9.65. The average Bonchev–Trinajstić information content (AvgIpc) is 2.84. The molecule has 0 aliphatic rings. The van der Waals surface area contributed by atoms with Crippen molar-refractivity contribution in [3.8, 4) is 0 Å². The summed E-state index contributed by atoms with van der Waals surface area (Å²) in [7, 11) is 0. The number of hydrogen-bond donors (Lipinski definition) is 1. The Morgan fingerprint density at radius 3 is 2.70 bits per heavy atom. The van der Waals surface area contributed by atoms with E-state index in [0.29, 0.717) is 12.2 Å². The largest absolute Gasteiger partial charge is 0.383 e. The summed E-state index contributed by atoms with van der Waals surface area (Å²) in [5.74, 6) is 2.46. The van der Waals surface area contributed by atoms with Gasteiger partial charge in [-0.25, -0.2) is 15.0 Å². The number of aryl methyl sites for hydroxylation is 2.